The number of carbonyl (C=O) groups is 2. The molecule has 1 heterocycles. The van der Waals surface area contributed by atoms with Gasteiger partial charge in [0.05, 0.1) is 5.41 Å². The number of aliphatic hydroxyl groups is 1. The highest BCUT2D eigenvalue weighted by Crippen LogP contribution is 2.48. The minimum Gasteiger partial charge on any atom is -0.445 e. The van der Waals surface area contributed by atoms with Crippen molar-refractivity contribution in [3.8, 4) is 5.75 Å². The second-order valence-electron chi connectivity index (χ2n) is 6.76. The molecular formula is C21H21NO5S2. The number of thiocarbonyl (C=S) groups is 1. The molecule has 3 rings (SSSR count). The third-order valence-electron chi connectivity index (χ3n) is 4.77. The first-order valence-corrected chi connectivity index (χ1v) is 10.3. The lowest BCUT2D eigenvalue weighted by Crippen LogP contribution is -2.68. The standard InChI is InChI=1S/C21H21NO5S2/c1-3-12-26-19(25)22-17(24)21(2,10-11-23)18(22)29-20(28)27-16-9-8-14-6-4-5-7-15(14)13-16/h3-9,13,18,23H,1,10-12H2,2H3. The molecule has 8 heteroatoms. The Bertz CT molecular complexity index is 963. The molecule has 1 aliphatic heterocycles. The topological polar surface area (TPSA) is 76.1 Å². The van der Waals surface area contributed by atoms with E-state index in [-0.39, 0.29) is 24.0 Å². The summed E-state index contributed by atoms with van der Waals surface area (Å²) >= 11 is 6.44. The normalized spacial score (nSPS) is 20.8. The number of nitrogens with zero attached hydrogens (tertiary/aromatic N) is 1. The van der Waals surface area contributed by atoms with Gasteiger partial charge in [-0.25, -0.2) is 9.69 Å². The minimum atomic E-state index is -0.941. The first-order chi connectivity index (χ1) is 13.9. The van der Waals surface area contributed by atoms with Crippen molar-refractivity contribution in [1.29, 1.82) is 0 Å². The molecule has 0 aromatic heterocycles. The van der Waals surface area contributed by atoms with E-state index in [0.29, 0.717) is 5.75 Å². The molecule has 6 nitrogen and oxygen atoms in total. The van der Waals surface area contributed by atoms with Gasteiger partial charge in [-0.1, -0.05) is 43.0 Å². The van der Waals surface area contributed by atoms with Crippen LogP contribution in [0.15, 0.2) is 55.1 Å². The van der Waals surface area contributed by atoms with Crippen molar-refractivity contribution >= 4 is 51.1 Å². The lowest BCUT2D eigenvalue weighted by atomic mass is 9.78. The Balaban J connectivity index is 1.74. The van der Waals surface area contributed by atoms with Gasteiger partial charge in [0, 0.05) is 6.61 Å². The van der Waals surface area contributed by atoms with Crippen molar-refractivity contribution in [1.82, 2.24) is 4.90 Å². The van der Waals surface area contributed by atoms with E-state index < -0.39 is 22.8 Å². The Morgan fingerprint density at radius 1 is 1.34 bits per heavy atom. The van der Waals surface area contributed by atoms with Gasteiger partial charge in [-0.2, -0.15) is 0 Å². The monoisotopic (exact) mass is 431 g/mol. The van der Waals surface area contributed by atoms with Crippen LogP contribution in [0, 0.1) is 5.41 Å². The quantitative estimate of drug-likeness (QED) is 0.419. The van der Waals surface area contributed by atoms with E-state index in [2.05, 4.69) is 6.58 Å². The third-order valence-corrected chi connectivity index (χ3v) is 6.37. The van der Waals surface area contributed by atoms with Crippen LogP contribution in [-0.2, 0) is 9.53 Å². The fourth-order valence-electron chi connectivity index (χ4n) is 3.17. The number of rotatable bonds is 6. The number of likely N-dealkylation sites (tertiary alicyclic amines) is 1. The minimum absolute atomic E-state index is 0.00521. The highest BCUT2D eigenvalue weighted by Gasteiger charge is 2.61. The Labute approximate surface area is 178 Å². The number of fused-ring (bicyclic) bond motifs is 1. The lowest BCUT2D eigenvalue weighted by Gasteiger charge is -2.51. The van der Waals surface area contributed by atoms with Crippen molar-refractivity contribution in [2.75, 3.05) is 13.2 Å². The molecule has 1 aliphatic rings. The van der Waals surface area contributed by atoms with E-state index in [9.17, 15) is 14.7 Å². The summed E-state index contributed by atoms with van der Waals surface area (Å²) in [6.45, 7) is 4.99. The summed E-state index contributed by atoms with van der Waals surface area (Å²) < 4.78 is 10.9. The predicted octanol–water partition coefficient (Wildman–Crippen LogP) is 4.12. The number of ether oxygens (including phenoxy) is 2. The maximum Gasteiger partial charge on any atom is 0.417 e. The Hall–Kier alpha value is -2.42. The van der Waals surface area contributed by atoms with E-state index in [1.54, 1.807) is 6.92 Å². The van der Waals surface area contributed by atoms with Gasteiger partial charge in [0.1, 0.15) is 17.7 Å². The molecule has 1 N–H and O–H groups in total. The molecule has 0 radical (unpaired) electrons. The average molecular weight is 432 g/mol. The Kier molecular flexibility index (Phi) is 6.56. The van der Waals surface area contributed by atoms with Gasteiger partial charge in [0.2, 0.25) is 10.3 Å². The molecule has 2 atom stereocenters. The predicted molar refractivity (Wildman–Crippen MR) is 117 cm³/mol. The highest BCUT2D eigenvalue weighted by atomic mass is 32.2. The van der Waals surface area contributed by atoms with Crippen LogP contribution in [0.5, 0.6) is 5.75 Å². The summed E-state index contributed by atoms with van der Waals surface area (Å²) in [6.07, 6.45) is 0.856. The van der Waals surface area contributed by atoms with Crippen LogP contribution in [-0.4, -0.2) is 45.0 Å². The van der Waals surface area contributed by atoms with Gasteiger partial charge in [0.25, 0.3) is 0 Å². The van der Waals surface area contributed by atoms with Gasteiger partial charge >= 0.3 is 6.09 Å². The maximum atomic E-state index is 12.6. The van der Waals surface area contributed by atoms with Crippen molar-refractivity contribution in [3.05, 3.63) is 55.1 Å². The zero-order chi connectivity index (χ0) is 21.0. The number of imide groups is 1. The second-order valence-corrected chi connectivity index (χ2v) is 8.45. The molecule has 2 amide bonds. The average Bonchev–Trinajstić information content (AvgIpc) is 2.71. The molecule has 1 fully saturated rings. The van der Waals surface area contributed by atoms with E-state index in [0.717, 1.165) is 27.4 Å². The largest absolute Gasteiger partial charge is 0.445 e. The number of hydrogen-bond acceptors (Lipinski definition) is 7. The van der Waals surface area contributed by atoms with E-state index in [1.165, 1.54) is 6.08 Å². The summed E-state index contributed by atoms with van der Waals surface area (Å²) in [5.74, 6) is 0.156. The van der Waals surface area contributed by atoms with Gasteiger partial charge in [-0.15, -0.1) is 0 Å². The molecule has 0 aliphatic carbocycles. The van der Waals surface area contributed by atoms with E-state index >= 15 is 0 Å². The number of β-lactam (4-membered cyclic amide) rings is 1. The number of benzene rings is 2. The van der Waals surface area contributed by atoms with E-state index in [4.69, 9.17) is 21.7 Å². The molecule has 2 unspecified atom stereocenters. The van der Waals surface area contributed by atoms with Crippen LogP contribution in [0.25, 0.3) is 10.8 Å². The zero-order valence-corrected chi connectivity index (χ0v) is 17.5. The molecule has 0 bridgehead atoms. The van der Waals surface area contributed by atoms with Crippen molar-refractivity contribution in [2.24, 2.45) is 5.41 Å². The van der Waals surface area contributed by atoms with Gasteiger partial charge < -0.3 is 14.6 Å². The Morgan fingerprint density at radius 3 is 2.76 bits per heavy atom. The molecule has 2 aromatic rings. The van der Waals surface area contributed by atoms with Crippen LogP contribution in [0.1, 0.15) is 13.3 Å². The summed E-state index contributed by atoms with van der Waals surface area (Å²) in [5.41, 5.74) is -0.941. The second kappa shape index (κ2) is 8.94. The zero-order valence-electron chi connectivity index (χ0n) is 15.9. The Morgan fingerprint density at radius 2 is 2.07 bits per heavy atom. The number of carbonyl (C=O) groups excluding carboxylic acids is 2. The fourth-order valence-corrected chi connectivity index (χ4v) is 4.63. The van der Waals surface area contributed by atoms with E-state index in [1.807, 2.05) is 42.5 Å². The maximum absolute atomic E-state index is 12.6. The molecule has 0 spiro atoms. The molecule has 0 saturated carbocycles. The van der Waals surface area contributed by atoms with Crippen molar-refractivity contribution in [3.63, 3.8) is 0 Å². The van der Waals surface area contributed by atoms with Gasteiger partial charge in [-0.05, 0) is 60.2 Å². The number of thioether (sulfide) groups is 1. The summed E-state index contributed by atoms with van der Waals surface area (Å²) in [5, 5.41) is 10.8. The summed E-state index contributed by atoms with van der Waals surface area (Å²) in [7, 11) is 0. The number of hydrogen-bond donors (Lipinski definition) is 1. The third kappa shape index (κ3) is 4.29. The highest BCUT2D eigenvalue weighted by molar-refractivity contribution is 8.23. The van der Waals surface area contributed by atoms with Crippen molar-refractivity contribution in [2.45, 2.75) is 18.7 Å². The van der Waals surface area contributed by atoms with Crippen LogP contribution in [0.2, 0.25) is 0 Å². The van der Waals surface area contributed by atoms with Crippen LogP contribution >= 0.6 is 24.0 Å². The van der Waals surface area contributed by atoms with Crippen LogP contribution < -0.4 is 4.74 Å². The van der Waals surface area contributed by atoms with Crippen LogP contribution in [0.3, 0.4) is 0 Å². The van der Waals surface area contributed by atoms with Crippen molar-refractivity contribution < 1.29 is 24.2 Å². The fraction of sp³-hybridized carbons (Fsp3) is 0.286. The van der Waals surface area contributed by atoms with Crippen LogP contribution in [0.4, 0.5) is 4.79 Å². The number of aliphatic hydroxyl groups excluding tert-OH is 1. The lowest BCUT2D eigenvalue weighted by molar-refractivity contribution is -0.159. The first kappa shape index (κ1) is 21.3. The molecule has 2 aromatic carbocycles. The van der Waals surface area contributed by atoms with Gasteiger partial charge in [0.15, 0.2) is 0 Å². The first-order valence-electron chi connectivity index (χ1n) is 9.00. The molecule has 29 heavy (non-hydrogen) atoms. The molecular weight excluding hydrogens is 410 g/mol. The molecule has 152 valence electrons. The molecule has 1 saturated heterocycles. The SMILES string of the molecule is C=CCOC(=O)N1C(=O)C(C)(CCO)C1SC(=S)Oc1ccc2ccccc2c1. The summed E-state index contributed by atoms with van der Waals surface area (Å²) in [6, 6.07) is 13.5. The van der Waals surface area contributed by atoms with Gasteiger partial charge in [-0.3, -0.25) is 4.79 Å². The summed E-state index contributed by atoms with van der Waals surface area (Å²) in [4.78, 5) is 25.8. The number of amides is 2. The smallest absolute Gasteiger partial charge is 0.417 e.